The molecule has 0 unspecified atom stereocenters. The van der Waals surface area contributed by atoms with Crippen LogP contribution in [0.1, 0.15) is 45.4 Å². The lowest BCUT2D eigenvalue weighted by molar-refractivity contribution is -0.385. The second kappa shape index (κ2) is 9.22. The number of aryl methyl sites for hydroxylation is 1. The second-order valence-electron chi connectivity index (χ2n) is 6.42. The van der Waals surface area contributed by atoms with Crippen molar-refractivity contribution in [3.05, 3.63) is 50.8 Å². The van der Waals surface area contributed by atoms with E-state index in [0.29, 0.717) is 5.56 Å². The van der Waals surface area contributed by atoms with Gasteiger partial charge in [0, 0.05) is 29.6 Å². The number of methoxy groups -OCH3 is 2. The normalized spacial score (nSPS) is 10.5. The third-order valence-corrected chi connectivity index (χ3v) is 4.57. The molecule has 0 saturated carbocycles. The predicted octanol–water partition coefficient (Wildman–Crippen LogP) is 3.48. The topological polar surface area (TPSA) is 110 Å². The Hall–Kier alpha value is -3.36. The number of ether oxygens (including phenoxy) is 3. The van der Waals surface area contributed by atoms with E-state index in [-0.39, 0.29) is 22.8 Å². The number of ketones is 1. The summed E-state index contributed by atoms with van der Waals surface area (Å²) in [5.41, 5.74) is 1.38. The van der Waals surface area contributed by atoms with Crippen LogP contribution in [0.25, 0.3) is 0 Å². The molecular formula is C20H24N2O7. The summed E-state index contributed by atoms with van der Waals surface area (Å²) in [7, 11) is 2.67. The van der Waals surface area contributed by atoms with Crippen LogP contribution in [0.4, 0.5) is 5.69 Å². The third-order valence-electron chi connectivity index (χ3n) is 4.57. The van der Waals surface area contributed by atoms with Gasteiger partial charge in [-0.2, -0.15) is 0 Å². The summed E-state index contributed by atoms with van der Waals surface area (Å²) in [5.74, 6) is -1.13. The van der Waals surface area contributed by atoms with E-state index in [4.69, 9.17) is 14.2 Å². The molecular weight excluding hydrogens is 380 g/mol. The number of benzene rings is 1. The first-order valence-electron chi connectivity index (χ1n) is 9.02. The van der Waals surface area contributed by atoms with E-state index >= 15 is 0 Å². The molecule has 156 valence electrons. The highest BCUT2D eigenvalue weighted by Gasteiger charge is 2.26. The number of esters is 1. The van der Waals surface area contributed by atoms with Crippen LogP contribution in [0.2, 0.25) is 0 Å². The van der Waals surface area contributed by atoms with Crippen LogP contribution in [0.5, 0.6) is 11.5 Å². The molecule has 0 saturated heterocycles. The van der Waals surface area contributed by atoms with Gasteiger partial charge in [0.05, 0.1) is 25.2 Å². The fraction of sp³-hybridized carbons (Fsp3) is 0.400. The molecule has 9 heteroatoms. The van der Waals surface area contributed by atoms with E-state index in [1.807, 2.05) is 25.3 Å². The van der Waals surface area contributed by atoms with Gasteiger partial charge in [0.1, 0.15) is 5.56 Å². The van der Waals surface area contributed by atoms with Crippen LogP contribution in [0, 0.1) is 24.0 Å². The summed E-state index contributed by atoms with van der Waals surface area (Å²) in [4.78, 5) is 35.6. The number of rotatable bonds is 9. The number of nitrogens with zero attached hydrogens (tertiary/aromatic N) is 2. The van der Waals surface area contributed by atoms with Crippen LogP contribution >= 0.6 is 0 Å². The summed E-state index contributed by atoms with van der Waals surface area (Å²) in [6, 6.07) is 3.99. The number of hydrogen-bond acceptors (Lipinski definition) is 7. The molecule has 0 aliphatic rings. The first-order valence-corrected chi connectivity index (χ1v) is 9.02. The Kier molecular flexibility index (Phi) is 6.98. The lowest BCUT2D eigenvalue weighted by Gasteiger charge is -2.10. The number of hydrogen-bond donors (Lipinski definition) is 0. The molecule has 0 bridgehead atoms. The maximum atomic E-state index is 12.5. The number of nitro benzene ring substituents is 1. The fourth-order valence-corrected chi connectivity index (χ4v) is 3.12. The lowest BCUT2D eigenvalue weighted by atomic mass is 10.1. The van der Waals surface area contributed by atoms with E-state index in [0.717, 1.165) is 36.5 Å². The number of Topliss-reactive ketones (excluding diaryl/α,β-unsaturated/α-hetero) is 1. The highest BCUT2D eigenvalue weighted by atomic mass is 16.6. The molecule has 2 rings (SSSR count). The zero-order valence-electron chi connectivity index (χ0n) is 17.1. The van der Waals surface area contributed by atoms with Crippen molar-refractivity contribution >= 4 is 17.4 Å². The summed E-state index contributed by atoms with van der Waals surface area (Å²) in [6.07, 6.45) is 0.919. The van der Waals surface area contributed by atoms with E-state index in [9.17, 15) is 19.7 Å². The van der Waals surface area contributed by atoms with Crippen molar-refractivity contribution in [1.82, 2.24) is 4.57 Å². The number of nitro groups is 1. The van der Waals surface area contributed by atoms with Crippen molar-refractivity contribution in [2.75, 3.05) is 20.8 Å². The van der Waals surface area contributed by atoms with Gasteiger partial charge in [-0.3, -0.25) is 14.9 Å². The van der Waals surface area contributed by atoms with Gasteiger partial charge in [0.15, 0.2) is 18.1 Å². The van der Waals surface area contributed by atoms with Crippen molar-refractivity contribution in [1.29, 1.82) is 0 Å². The molecule has 0 fully saturated rings. The molecule has 0 amide bonds. The molecule has 1 aromatic carbocycles. The van der Waals surface area contributed by atoms with Gasteiger partial charge < -0.3 is 18.8 Å². The molecule has 0 N–H and O–H groups in total. The molecule has 0 aliphatic heterocycles. The van der Waals surface area contributed by atoms with Gasteiger partial charge in [-0.15, -0.1) is 0 Å². The predicted molar refractivity (Wildman–Crippen MR) is 105 cm³/mol. The minimum absolute atomic E-state index is 0.107. The molecule has 1 aromatic heterocycles. The monoisotopic (exact) mass is 404 g/mol. The van der Waals surface area contributed by atoms with Crippen LogP contribution in [0.3, 0.4) is 0 Å². The quantitative estimate of drug-likeness (QED) is 0.272. The largest absolute Gasteiger partial charge is 0.493 e. The standard InChI is InChI=1S/C20H24N2O7/c1-6-7-21-12(2)8-14(13(21)3)17(23)11-29-20(24)15-9-18(27-4)19(28-5)10-16(15)22(25)26/h8-10H,6-7,11H2,1-5H3. The van der Waals surface area contributed by atoms with Gasteiger partial charge in [0.2, 0.25) is 5.78 Å². The average Bonchev–Trinajstić information content (AvgIpc) is 2.99. The summed E-state index contributed by atoms with van der Waals surface area (Å²) >= 11 is 0. The smallest absolute Gasteiger partial charge is 0.345 e. The van der Waals surface area contributed by atoms with Gasteiger partial charge in [-0.1, -0.05) is 6.92 Å². The SMILES string of the molecule is CCCn1c(C)cc(C(=O)COC(=O)c2cc(OC)c(OC)cc2[N+](=O)[O-])c1C. The van der Waals surface area contributed by atoms with Gasteiger partial charge in [-0.25, -0.2) is 4.79 Å². The minimum Gasteiger partial charge on any atom is -0.493 e. The average molecular weight is 404 g/mol. The van der Waals surface area contributed by atoms with Crippen LogP contribution < -0.4 is 9.47 Å². The summed E-state index contributed by atoms with van der Waals surface area (Å²) in [6.45, 7) is 6.02. The highest BCUT2D eigenvalue weighted by molar-refractivity contribution is 6.01. The highest BCUT2D eigenvalue weighted by Crippen LogP contribution is 2.34. The molecule has 9 nitrogen and oxygen atoms in total. The molecule has 29 heavy (non-hydrogen) atoms. The Morgan fingerprint density at radius 2 is 1.69 bits per heavy atom. The van der Waals surface area contributed by atoms with Crippen LogP contribution in [-0.4, -0.2) is 42.1 Å². The number of carbonyl (C=O) groups is 2. The van der Waals surface area contributed by atoms with Gasteiger partial charge >= 0.3 is 5.97 Å². The maximum Gasteiger partial charge on any atom is 0.345 e. The molecule has 0 aliphatic carbocycles. The first-order chi connectivity index (χ1) is 13.7. The third kappa shape index (κ3) is 4.56. The van der Waals surface area contributed by atoms with E-state index in [1.54, 1.807) is 6.07 Å². The first kappa shape index (κ1) is 21.9. The number of carbonyl (C=O) groups excluding carboxylic acids is 2. The van der Waals surface area contributed by atoms with E-state index in [1.165, 1.54) is 14.2 Å². The molecule has 0 atom stereocenters. The zero-order chi connectivity index (χ0) is 21.7. The molecule has 0 spiro atoms. The molecule has 2 aromatic rings. The van der Waals surface area contributed by atoms with Crippen molar-refractivity contribution in [2.45, 2.75) is 33.7 Å². The van der Waals surface area contributed by atoms with Crippen molar-refractivity contribution in [3.8, 4) is 11.5 Å². The molecule has 1 heterocycles. The van der Waals surface area contributed by atoms with Gasteiger partial charge in [0.25, 0.3) is 5.69 Å². The lowest BCUT2D eigenvalue weighted by Crippen LogP contribution is -2.16. The van der Waals surface area contributed by atoms with Crippen molar-refractivity contribution in [3.63, 3.8) is 0 Å². The van der Waals surface area contributed by atoms with E-state index < -0.39 is 23.2 Å². The van der Waals surface area contributed by atoms with E-state index in [2.05, 4.69) is 0 Å². The second-order valence-corrected chi connectivity index (χ2v) is 6.42. The Balaban J connectivity index is 2.24. The maximum absolute atomic E-state index is 12.5. The van der Waals surface area contributed by atoms with Crippen LogP contribution in [-0.2, 0) is 11.3 Å². The Labute approximate surface area is 168 Å². The molecule has 0 radical (unpaired) electrons. The van der Waals surface area contributed by atoms with Crippen LogP contribution in [0.15, 0.2) is 18.2 Å². The fourth-order valence-electron chi connectivity index (χ4n) is 3.12. The van der Waals surface area contributed by atoms with Crippen molar-refractivity contribution < 1.29 is 28.7 Å². The zero-order valence-corrected chi connectivity index (χ0v) is 17.1. The Morgan fingerprint density at radius 1 is 1.07 bits per heavy atom. The summed E-state index contributed by atoms with van der Waals surface area (Å²) < 4.78 is 17.2. The minimum atomic E-state index is -0.992. The van der Waals surface area contributed by atoms with Crippen molar-refractivity contribution in [2.24, 2.45) is 0 Å². The van der Waals surface area contributed by atoms with Gasteiger partial charge in [-0.05, 0) is 26.3 Å². The summed E-state index contributed by atoms with van der Waals surface area (Å²) in [5, 5.41) is 11.3. The number of aromatic nitrogens is 1. The Bertz CT molecular complexity index is 947. The Morgan fingerprint density at radius 3 is 2.24 bits per heavy atom.